The first-order chi connectivity index (χ1) is 11.7. The Morgan fingerprint density at radius 1 is 1.29 bits per heavy atom. The van der Waals surface area contributed by atoms with E-state index in [1.165, 1.54) is 28.1 Å². The molecule has 1 unspecified atom stereocenters. The molecule has 0 aliphatic carbocycles. The molecule has 0 radical (unpaired) electrons. The highest BCUT2D eigenvalue weighted by Gasteiger charge is 2.24. The number of halogens is 1. The molecule has 0 bridgehead atoms. The van der Waals surface area contributed by atoms with E-state index >= 15 is 0 Å². The van der Waals surface area contributed by atoms with Crippen molar-refractivity contribution in [2.24, 2.45) is 0 Å². The van der Waals surface area contributed by atoms with E-state index < -0.39 is 0 Å². The zero-order valence-corrected chi connectivity index (χ0v) is 14.2. The summed E-state index contributed by atoms with van der Waals surface area (Å²) in [6.07, 6.45) is 5.03. The van der Waals surface area contributed by atoms with Crippen LogP contribution in [-0.2, 0) is 0 Å². The van der Waals surface area contributed by atoms with Gasteiger partial charge in [-0.2, -0.15) is 4.52 Å². The number of anilines is 1. The third-order valence-electron chi connectivity index (χ3n) is 3.80. The van der Waals surface area contributed by atoms with Crippen LogP contribution in [0.3, 0.4) is 0 Å². The summed E-state index contributed by atoms with van der Waals surface area (Å²) in [4.78, 5) is 22.9. The number of nitrogens with zero attached hydrogens (tertiary/aromatic N) is 5. The van der Waals surface area contributed by atoms with Crippen molar-refractivity contribution >= 4 is 33.0 Å². The molecule has 1 aliphatic rings. The first-order valence-electron chi connectivity index (χ1n) is 7.57. The summed E-state index contributed by atoms with van der Waals surface area (Å²) in [5, 5.41) is 5.75. The molecule has 1 aliphatic heterocycles. The lowest BCUT2D eigenvalue weighted by molar-refractivity contribution is 0.172. The lowest BCUT2D eigenvalue weighted by Gasteiger charge is -2.32. The van der Waals surface area contributed by atoms with Crippen molar-refractivity contribution in [3.63, 3.8) is 0 Å². The van der Waals surface area contributed by atoms with E-state index in [0.717, 1.165) is 24.5 Å². The van der Waals surface area contributed by atoms with Gasteiger partial charge in [-0.3, -0.25) is 4.79 Å². The van der Waals surface area contributed by atoms with Crippen molar-refractivity contribution in [2.45, 2.75) is 18.9 Å². The normalized spacial score (nSPS) is 18.0. The molecule has 3 aromatic rings. The Hall–Kier alpha value is -2.19. The maximum absolute atomic E-state index is 11.8. The molecule has 4 heterocycles. The van der Waals surface area contributed by atoms with Gasteiger partial charge < -0.3 is 9.64 Å². The van der Waals surface area contributed by atoms with Crippen molar-refractivity contribution in [3.05, 3.63) is 46.0 Å². The third kappa shape index (κ3) is 3.07. The molecular weight excluding hydrogens is 350 g/mol. The molecule has 0 amide bonds. The van der Waals surface area contributed by atoms with Gasteiger partial charge in [-0.05, 0) is 18.9 Å². The van der Waals surface area contributed by atoms with Crippen LogP contribution >= 0.6 is 22.9 Å². The molecule has 24 heavy (non-hydrogen) atoms. The molecule has 0 aromatic carbocycles. The molecule has 9 heteroatoms. The fourth-order valence-corrected chi connectivity index (χ4v) is 3.70. The number of hydrogen-bond donors (Lipinski definition) is 0. The Morgan fingerprint density at radius 2 is 2.21 bits per heavy atom. The number of rotatable bonds is 3. The van der Waals surface area contributed by atoms with Crippen molar-refractivity contribution < 1.29 is 4.74 Å². The second-order valence-corrected chi connectivity index (χ2v) is 6.88. The Labute approximate surface area is 146 Å². The molecule has 124 valence electrons. The molecule has 1 atom stereocenters. The summed E-state index contributed by atoms with van der Waals surface area (Å²) < 4.78 is 7.28. The quantitative estimate of drug-likeness (QED) is 0.710. The highest BCUT2D eigenvalue weighted by atomic mass is 35.5. The van der Waals surface area contributed by atoms with Gasteiger partial charge in [0.05, 0.1) is 11.6 Å². The van der Waals surface area contributed by atoms with Crippen molar-refractivity contribution in [2.75, 3.05) is 18.0 Å². The summed E-state index contributed by atoms with van der Waals surface area (Å²) >= 11 is 7.25. The molecule has 1 saturated heterocycles. The monoisotopic (exact) mass is 363 g/mol. The van der Waals surface area contributed by atoms with E-state index in [-0.39, 0.29) is 11.7 Å². The minimum Gasteiger partial charge on any atom is -0.472 e. The first kappa shape index (κ1) is 15.3. The van der Waals surface area contributed by atoms with Crippen molar-refractivity contribution in [3.8, 4) is 5.88 Å². The molecule has 0 saturated carbocycles. The summed E-state index contributed by atoms with van der Waals surface area (Å²) in [6, 6.07) is 4.93. The maximum atomic E-state index is 11.8. The van der Waals surface area contributed by atoms with Gasteiger partial charge >= 0.3 is 0 Å². The highest BCUT2D eigenvalue weighted by molar-refractivity contribution is 7.20. The second-order valence-electron chi connectivity index (χ2n) is 5.50. The minimum atomic E-state index is -0.169. The highest BCUT2D eigenvalue weighted by Crippen LogP contribution is 2.26. The second kappa shape index (κ2) is 6.37. The lowest BCUT2D eigenvalue weighted by Crippen LogP contribution is -2.41. The van der Waals surface area contributed by atoms with E-state index in [2.05, 4.69) is 20.0 Å². The van der Waals surface area contributed by atoms with Gasteiger partial charge in [-0.1, -0.05) is 22.9 Å². The first-order valence-corrected chi connectivity index (χ1v) is 8.76. The van der Waals surface area contributed by atoms with E-state index in [1.54, 1.807) is 18.3 Å². The Kier molecular flexibility index (Phi) is 4.07. The van der Waals surface area contributed by atoms with Crippen LogP contribution < -0.4 is 15.2 Å². The number of fused-ring (bicyclic) bond motifs is 1. The molecule has 3 aromatic heterocycles. The van der Waals surface area contributed by atoms with Crippen LogP contribution in [0.25, 0.3) is 4.96 Å². The molecule has 7 nitrogen and oxygen atoms in total. The van der Waals surface area contributed by atoms with E-state index in [9.17, 15) is 4.79 Å². The van der Waals surface area contributed by atoms with Crippen LogP contribution in [0.2, 0.25) is 5.02 Å². The molecule has 0 spiro atoms. The third-order valence-corrected chi connectivity index (χ3v) is 5.00. The zero-order valence-electron chi connectivity index (χ0n) is 12.6. The van der Waals surface area contributed by atoms with Gasteiger partial charge in [-0.25, -0.2) is 9.97 Å². The number of aromatic nitrogens is 4. The number of pyridine rings is 1. The van der Waals surface area contributed by atoms with Crippen LogP contribution in [0.1, 0.15) is 12.8 Å². The van der Waals surface area contributed by atoms with Gasteiger partial charge in [0.1, 0.15) is 6.10 Å². The Balaban J connectivity index is 1.52. The van der Waals surface area contributed by atoms with Crippen LogP contribution in [-0.4, -0.2) is 38.8 Å². The standard InChI is InChI=1S/C15H14ClN5O2S/c16-10-3-4-12(18-8-10)23-11-2-1-7-20(9-11)15-19-21-13(22)5-6-17-14(21)24-15/h3-6,8,11H,1-2,7,9H2. The summed E-state index contributed by atoms with van der Waals surface area (Å²) in [7, 11) is 0. The average molecular weight is 364 g/mol. The fraction of sp³-hybridized carbons (Fsp3) is 0.333. The van der Waals surface area contributed by atoms with Gasteiger partial charge in [-0.15, -0.1) is 5.10 Å². The molecule has 1 fully saturated rings. The van der Waals surface area contributed by atoms with Gasteiger partial charge in [0, 0.05) is 31.1 Å². The average Bonchev–Trinajstić information content (AvgIpc) is 3.03. The Morgan fingerprint density at radius 3 is 3.00 bits per heavy atom. The SMILES string of the molecule is O=c1ccnc2sc(N3CCCC(Oc4ccc(Cl)cn4)C3)nn12. The lowest BCUT2D eigenvalue weighted by atomic mass is 10.1. The van der Waals surface area contributed by atoms with Gasteiger partial charge in [0.15, 0.2) is 0 Å². The number of ether oxygens (including phenoxy) is 1. The topological polar surface area (TPSA) is 72.6 Å². The van der Waals surface area contributed by atoms with Gasteiger partial charge in [0.25, 0.3) is 5.56 Å². The van der Waals surface area contributed by atoms with Crippen LogP contribution in [0.15, 0.2) is 35.4 Å². The van der Waals surface area contributed by atoms with Gasteiger partial charge in [0.2, 0.25) is 16.0 Å². The Bertz CT molecular complexity index is 910. The summed E-state index contributed by atoms with van der Waals surface area (Å²) in [6.45, 7) is 1.57. The summed E-state index contributed by atoms with van der Waals surface area (Å²) in [5.41, 5.74) is -0.169. The predicted octanol–water partition coefficient (Wildman–Crippen LogP) is 2.25. The molecule has 4 rings (SSSR count). The fourth-order valence-electron chi connectivity index (χ4n) is 2.67. The van der Waals surface area contributed by atoms with Crippen LogP contribution in [0.5, 0.6) is 5.88 Å². The predicted molar refractivity (Wildman–Crippen MR) is 92.2 cm³/mol. The molecule has 0 N–H and O–H groups in total. The summed E-state index contributed by atoms with van der Waals surface area (Å²) in [5.74, 6) is 0.563. The number of piperidine rings is 1. The largest absolute Gasteiger partial charge is 0.472 e. The smallest absolute Gasteiger partial charge is 0.275 e. The van der Waals surface area contributed by atoms with E-state index in [1.807, 2.05) is 0 Å². The van der Waals surface area contributed by atoms with E-state index in [4.69, 9.17) is 16.3 Å². The van der Waals surface area contributed by atoms with Crippen molar-refractivity contribution in [1.82, 2.24) is 19.6 Å². The minimum absolute atomic E-state index is 0.0177. The van der Waals surface area contributed by atoms with E-state index in [0.29, 0.717) is 22.4 Å². The van der Waals surface area contributed by atoms with Crippen LogP contribution in [0, 0.1) is 0 Å². The van der Waals surface area contributed by atoms with Crippen molar-refractivity contribution in [1.29, 1.82) is 0 Å². The number of hydrogen-bond acceptors (Lipinski definition) is 7. The van der Waals surface area contributed by atoms with Crippen LogP contribution in [0.4, 0.5) is 5.13 Å². The zero-order chi connectivity index (χ0) is 16.5. The molecular formula is C15H14ClN5O2S. The maximum Gasteiger partial charge on any atom is 0.275 e.